The van der Waals surface area contributed by atoms with Gasteiger partial charge in [-0.1, -0.05) is 6.07 Å². The zero-order valence-electron chi connectivity index (χ0n) is 14.0. The lowest BCUT2D eigenvalue weighted by molar-refractivity contribution is 0.0950. The van der Waals surface area contributed by atoms with E-state index in [1.54, 1.807) is 4.68 Å². The van der Waals surface area contributed by atoms with Crippen LogP contribution in [0, 0.1) is 0 Å². The van der Waals surface area contributed by atoms with Crippen molar-refractivity contribution in [2.75, 3.05) is 6.54 Å². The number of thiazole rings is 1. The summed E-state index contributed by atoms with van der Waals surface area (Å²) in [6.07, 6.45) is 2.86. The van der Waals surface area contributed by atoms with Crippen LogP contribution in [0.2, 0.25) is 0 Å². The molecule has 7 heteroatoms. The first-order chi connectivity index (χ1) is 12.2. The number of nitrogens with zero attached hydrogens (tertiary/aromatic N) is 3. The normalized spacial score (nSPS) is 13.5. The first-order valence-electron chi connectivity index (χ1n) is 8.24. The molecule has 2 aromatic heterocycles. The van der Waals surface area contributed by atoms with Crippen LogP contribution in [0.15, 0.2) is 35.8 Å². The van der Waals surface area contributed by atoms with Crippen LogP contribution in [-0.4, -0.2) is 27.2 Å². The van der Waals surface area contributed by atoms with E-state index < -0.39 is 0 Å². The summed E-state index contributed by atoms with van der Waals surface area (Å²) in [5.41, 5.74) is 4.95. The molecule has 128 valence electrons. The Kier molecular flexibility index (Phi) is 4.33. The number of fused-ring (bicyclic) bond motifs is 1. The van der Waals surface area contributed by atoms with Crippen molar-refractivity contribution in [2.45, 2.75) is 19.5 Å². The van der Waals surface area contributed by atoms with Crippen LogP contribution in [0.3, 0.4) is 0 Å². The Hall–Kier alpha value is -2.51. The van der Waals surface area contributed by atoms with E-state index in [-0.39, 0.29) is 5.91 Å². The molecule has 0 unspecified atom stereocenters. The molecular formula is C18H19N5OS. The number of hydrogen-bond acceptors (Lipinski definition) is 5. The highest BCUT2D eigenvalue weighted by Gasteiger charge is 2.13. The third-order valence-corrected chi connectivity index (χ3v) is 5.18. The van der Waals surface area contributed by atoms with Crippen molar-refractivity contribution in [2.24, 2.45) is 7.05 Å². The van der Waals surface area contributed by atoms with Gasteiger partial charge in [-0.25, -0.2) is 4.98 Å². The van der Waals surface area contributed by atoms with Crippen LogP contribution in [0.1, 0.15) is 27.2 Å². The second kappa shape index (κ2) is 6.78. The summed E-state index contributed by atoms with van der Waals surface area (Å²) < 4.78 is 1.75. The average molecular weight is 353 g/mol. The van der Waals surface area contributed by atoms with E-state index in [1.807, 2.05) is 42.9 Å². The summed E-state index contributed by atoms with van der Waals surface area (Å²) in [5, 5.41) is 13.5. The summed E-state index contributed by atoms with van der Waals surface area (Å²) in [5.74, 6) is -0.0614. The fourth-order valence-electron chi connectivity index (χ4n) is 2.93. The molecule has 2 N–H and O–H groups in total. The predicted octanol–water partition coefficient (Wildman–Crippen LogP) is 2.12. The van der Waals surface area contributed by atoms with Crippen LogP contribution in [0.5, 0.6) is 0 Å². The molecule has 4 rings (SSSR count). The number of benzene rings is 1. The quantitative estimate of drug-likeness (QED) is 0.754. The van der Waals surface area contributed by atoms with Crippen LogP contribution < -0.4 is 10.6 Å². The number of carbonyl (C=O) groups excluding carboxylic acids is 1. The van der Waals surface area contributed by atoms with E-state index in [0.717, 1.165) is 35.9 Å². The van der Waals surface area contributed by atoms with Gasteiger partial charge in [-0.05, 0) is 42.3 Å². The minimum atomic E-state index is -0.0614. The molecule has 0 spiro atoms. The topological polar surface area (TPSA) is 71.8 Å². The summed E-state index contributed by atoms with van der Waals surface area (Å²) in [6, 6.07) is 7.87. The van der Waals surface area contributed by atoms with Gasteiger partial charge in [-0.15, -0.1) is 11.3 Å². The molecule has 25 heavy (non-hydrogen) atoms. The van der Waals surface area contributed by atoms with Gasteiger partial charge in [-0.3, -0.25) is 9.48 Å². The molecule has 0 fully saturated rings. The maximum atomic E-state index is 12.4. The minimum absolute atomic E-state index is 0.0614. The third-order valence-electron chi connectivity index (χ3n) is 4.27. The van der Waals surface area contributed by atoms with Crippen molar-refractivity contribution in [3.8, 4) is 10.7 Å². The molecule has 1 aliphatic heterocycles. The van der Waals surface area contributed by atoms with Crippen molar-refractivity contribution >= 4 is 17.2 Å². The van der Waals surface area contributed by atoms with Gasteiger partial charge >= 0.3 is 0 Å². The number of nitrogens with one attached hydrogen (secondary N) is 2. The second-order valence-corrected chi connectivity index (χ2v) is 6.97. The molecule has 0 saturated heterocycles. The highest BCUT2D eigenvalue weighted by atomic mass is 32.1. The Labute approximate surface area is 149 Å². The Balaban J connectivity index is 1.41. The third kappa shape index (κ3) is 3.47. The molecule has 0 bridgehead atoms. The molecule has 0 atom stereocenters. The molecule has 6 nitrogen and oxygen atoms in total. The zero-order chi connectivity index (χ0) is 17.2. The minimum Gasteiger partial charge on any atom is -0.346 e. The number of hydrogen-bond donors (Lipinski definition) is 2. The standard InChI is InChI=1S/C18H19N5OS/c1-23-7-5-16(22-23)18-21-15(11-25-18)10-20-17(24)13-2-3-14-9-19-6-4-12(14)8-13/h2-3,5,7-8,11,19H,4,6,9-10H2,1H3,(H,20,24). The zero-order valence-corrected chi connectivity index (χ0v) is 14.8. The van der Waals surface area contributed by atoms with E-state index in [9.17, 15) is 4.79 Å². The second-order valence-electron chi connectivity index (χ2n) is 6.11. The van der Waals surface area contributed by atoms with Gasteiger partial charge in [0.05, 0.1) is 12.2 Å². The van der Waals surface area contributed by atoms with E-state index in [1.165, 1.54) is 22.5 Å². The van der Waals surface area contributed by atoms with Crippen molar-refractivity contribution < 1.29 is 4.79 Å². The number of aromatic nitrogens is 3. The molecule has 0 aliphatic carbocycles. The smallest absolute Gasteiger partial charge is 0.251 e. The fraction of sp³-hybridized carbons (Fsp3) is 0.278. The van der Waals surface area contributed by atoms with Gasteiger partial charge in [-0.2, -0.15) is 5.10 Å². The maximum Gasteiger partial charge on any atom is 0.251 e. The lowest BCUT2D eigenvalue weighted by Crippen LogP contribution is -2.26. The van der Waals surface area contributed by atoms with Gasteiger partial charge in [0.25, 0.3) is 5.91 Å². The summed E-state index contributed by atoms with van der Waals surface area (Å²) in [4.78, 5) is 17.0. The molecule has 0 saturated carbocycles. The molecular weight excluding hydrogens is 334 g/mol. The predicted molar refractivity (Wildman–Crippen MR) is 97.3 cm³/mol. The molecule has 1 aliphatic rings. The van der Waals surface area contributed by atoms with E-state index in [0.29, 0.717) is 12.1 Å². The fourth-order valence-corrected chi connectivity index (χ4v) is 3.71. The molecule has 1 amide bonds. The molecule has 0 radical (unpaired) electrons. The maximum absolute atomic E-state index is 12.4. The molecule has 1 aromatic carbocycles. The average Bonchev–Trinajstić information content (AvgIpc) is 3.28. The highest BCUT2D eigenvalue weighted by molar-refractivity contribution is 7.13. The van der Waals surface area contributed by atoms with Crippen molar-refractivity contribution in [3.63, 3.8) is 0 Å². The van der Waals surface area contributed by atoms with Gasteiger partial charge in [0, 0.05) is 30.7 Å². The Morgan fingerprint density at radius 1 is 1.36 bits per heavy atom. The first-order valence-corrected chi connectivity index (χ1v) is 9.12. The van der Waals surface area contributed by atoms with Gasteiger partial charge in [0.1, 0.15) is 10.7 Å². The Morgan fingerprint density at radius 2 is 2.28 bits per heavy atom. The molecule has 3 heterocycles. The van der Waals surface area contributed by atoms with E-state index in [2.05, 4.69) is 20.7 Å². The monoisotopic (exact) mass is 353 g/mol. The van der Waals surface area contributed by atoms with Crippen molar-refractivity contribution in [3.05, 3.63) is 58.2 Å². The molecule has 3 aromatic rings. The number of aryl methyl sites for hydroxylation is 1. The van der Waals surface area contributed by atoms with Gasteiger partial charge in [0.2, 0.25) is 0 Å². The SMILES string of the molecule is Cn1ccc(-c2nc(CNC(=O)c3ccc4c(c3)CCNC4)cs2)n1. The van der Waals surface area contributed by atoms with Crippen molar-refractivity contribution in [1.82, 2.24) is 25.4 Å². The Morgan fingerprint density at radius 3 is 3.12 bits per heavy atom. The lowest BCUT2D eigenvalue weighted by atomic mass is 9.98. The number of carbonyl (C=O) groups is 1. The van der Waals surface area contributed by atoms with Crippen molar-refractivity contribution in [1.29, 1.82) is 0 Å². The Bertz CT molecular complexity index is 914. The summed E-state index contributed by atoms with van der Waals surface area (Å²) in [7, 11) is 1.88. The van der Waals surface area contributed by atoms with Gasteiger partial charge < -0.3 is 10.6 Å². The summed E-state index contributed by atoms with van der Waals surface area (Å²) in [6.45, 7) is 2.26. The number of amides is 1. The highest BCUT2D eigenvalue weighted by Crippen LogP contribution is 2.21. The number of rotatable bonds is 4. The van der Waals surface area contributed by atoms with Crippen LogP contribution in [0.4, 0.5) is 0 Å². The van der Waals surface area contributed by atoms with Crippen LogP contribution in [-0.2, 0) is 26.6 Å². The lowest BCUT2D eigenvalue weighted by Gasteiger charge is -2.17. The van der Waals surface area contributed by atoms with E-state index in [4.69, 9.17) is 0 Å². The summed E-state index contributed by atoms with van der Waals surface area (Å²) >= 11 is 1.54. The van der Waals surface area contributed by atoms with Gasteiger partial charge in [0.15, 0.2) is 0 Å². The van der Waals surface area contributed by atoms with Crippen LogP contribution in [0.25, 0.3) is 10.7 Å². The largest absolute Gasteiger partial charge is 0.346 e. The van der Waals surface area contributed by atoms with Crippen LogP contribution >= 0.6 is 11.3 Å². The first kappa shape index (κ1) is 16.0. The van der Waals surface area contributed by atoms with E-state index >= 15 is 0 Å².